The van der Waals surface area contributed by atoms with Crippen molar-refractivity contribution in [3.05, 3.63) is 53.4 Å². The zero-order valence-electron chi connectivity index (χ0n) is 9.15. The molecule has 0 bridgehead atoms. The molecule has 0 aliphatic carbocycles. The van der Waals surface area contributed by atoms with Gasteiger partial charge in [0.15, 0.2) is 17.4 Å². The molecule has 1 heterocycles. The Hall–Kier alpha value is -2.04. The van der Waals surface area contributed by atoms with Gasteiger partial charge in [-0.3, -0.25) is 9.48 Å². The SMILES string of the molecule is Cn1nccc1C(=O)Cc1ccc(F)c(F)c1. The molecule has 0 fully saturated rings. The highest BCUT2D eigenvalue weighted by atomic mass is 19.2. The molecule has 0 radical (unpaired) electrons. The van der Waals surface area contributed by atoms with E-state index >= 15 is 0 Å². The van der Waals surface area contributed by atoms with E-state index in [-0.39, 0.29) is 12.2 Å². The minimum Gasteiger partial charge on any atom is -0.292 e. The Balaban J connectivity index is 2.19. The van der Waals surface area contributed by atoms with Crippen molar-refractivity contribution in [2.75, 3.05) is 0 Å². The van der Waals surface area contributed by atoms with E-state index < -0.39 is 11.6 Å². The van der Waals surface area contributed by atoms with E-state index in [1.54, 1.807) is 13.1 Å². The fraction of sp³-hybridized carbons (Fsp3) is 0.167. The number of rotatable bonds is 3. The van der Waals surface area contributed by atoms with Crippen LogP contribution in [0, 0.1) is 11.6 Å². The molecule has 0 unspecified atom stereocenters. The summed E-state index contributed by atoms with van der Waals surface area (Å²) in [4.78, 5) is 11.8. The molecule has 0 amide bonds. The van der Waals surface area contributed by atoms with Crippen molar-refractivity contribution in [1.29, 1.82) is 0 Å². The van der Waals surface area contributed by atoms with Crippen LogP contribution < -0.4 is 0 Å². The van der Waals surface area contributed by atoms with Crippen molar-refractivity contribution in [2.45, 2.75) is 6.42 Å². The Morgan fingerprint density at radius 3 is 2.65 bits per heavy atom. The average Bonchev–Trinajstić information content (AvgIpc) is 2.70. The standard InChI is InChI=1S/C12H10F2N2O/c1-16-11(4-5-15-16)12(17)7-8-2-3-9(13)10(14)6-8/h2-6H,7H2,1H3. The molecule has 0 N–H and O–H groups in total. The molecule has 1 aromatic carbocycles. The van der Waals surface area contributed by atoms with E-state index in [0.29, 0.717) is 11.3 Å². The van der Waals surface area contributed by atoms with Gasteiger partial charge >= 0.3 is 0 Å². The fourth-order valence-electron chi connectivity index (χ4n) is 1.57. The van der Waals surface area contributed by atoms with E-state index in [1.165, 1.54) is 16.9 Å². The van der Waals surface area contributed by atoms with Crippen LogP contribution in [-0.2, 0) is 13.5 Å². The number of nitrogens with zero attached hydrogens (tertiary/aromatic N) is 2. The molecule has 0 saturated heterocycles. The summed E-state index contributed by atoms with van der Waals surface area (Å²) < 4.78 is 27.1. The lowest BCUT2D eigenvalue weighted by Crippen LogP contribution is -2.09. The molecule has 3 nitrogen and oxygen atoms in total. The van der Waals surface area contributed by atoms with Gasteiger partial charge in [-0.2, -0.15) is 5.10 Å². The number of hydrogen-bond donors (Lipinski definition) is 0. The van der Waals surface area contributed by atoms with Crippen molar-refractivity contribution < 1.29 is 13.6 Å². The number of benzene rings is 1. The molecule has 0 aliphatic heterocycles. The first-order valence-corrected chi connectivity index (χ1v) is 5.03. The average molecular weight is 236 g/mol. The summed E-state index contributed by atoms with van der Waals surface area (Å²) in [5, 5.41) is 3.87. The monoisotopic (exact) mass is 236 g/mol. The van der Waals surface area contributed by atoms with Crippen LogP contribution in [0.5, 0.6) is 0 Å². The fourth-order valence-corrected chi connectivity index (χ4v) is 1.57. The predicted molar refractivity (Wildman–Crippen MR) is 57.6 cm³/mol. The van der Waals surface area contributed by atoms with Crippen molar-refractivity contribution >= 4 is 5.78 Å². The van der Waals surface area contributed by atoms with Crippen LogP contribution in [0.4, 0.5) is 8.78 Å². The smallest absolute Gasteiger partial charge is 0.185 e. The molecule has 17 heavy (non-hydrogen) atoms. The van der Waals surface area contributed by atoms with Gasteiger partial charge in [-0.15, -0.1) is 0 Å². The van der Waals surface area contributed by atoms with Gasteiger partial charge in [0.1, 0.15) is 5.69 Å². The van der Waals surface area contributed by atoms with Gasteiger partial charge in [0.05, 0.1) is 0 Å². The third-order valence-electron chi connectivity index (χ3n) is 2.46. The molecule has 88 valence electrons. The molecule has 1 aromatic heterocycles. The van der Waals surface area contributed by atoms with Crippen LogP contribution in [-0.4, -0.2) is 15.6 Å². The van der Waals surface area contributed by atoms with Crippen LogP contribution in [0.25, 0.3) is 0 Å². The maximum atomic E-state index is 12.9. The van der Waals surface area contributed by atoms with Crippen LogP contribution in [0.3, 0.4) is 0 Å². The van der Waals surface area contributed by atoms with Gasteiger partial charge in [0.2, 0.25) is 0 Å². The zero-order chi connectivity index (χ0) is 12.4. The first-order valence-electron chi connectivity index (χ1n) is 5.03. The van der Waals surface area contributed by atoms with E-state index in [2.05, 4.69) is 5.10 Å². The van der Waals surface area contributed by atoms with Gasteiger partial charge in [0.25, 0.3) is 0 Å². The highest BCUT2D eigenvalue weighted by Gasteiger charge is 2.12. The molecule has 2 aromatic rings. The normalized spacial score (nSPS) is 10.5. The Morgan fingerprint density at radius 1 is 1.29 bits per heavy atom. The topological polar surface area (TPSA) is 34.9 Å². The van der Waals surface area contributed by atoms with Crippen molar-refractivity contribution in [3.8, 4) is 0 Å². The second-order valence-electron chi connectivity index (χ2n) is 3.69. The van der Waals surface area contributed by atoms with Crippen LogP contribution in [0.2, 0.25) is 0 Å². The number of Topliss-reactive ketones (excluding diaryl/α,β-unsaturated/α-hetero) is 1. The number of ketones is 1. The Morgan fingerprint density at radius 2 is 2.06 bits per heavy atom. The van der Waals surface area contributed by atoms with Crippen LogP contribution >= 0.6 is 0 Å². The van der Waals surface area contributed by atoms with Crippen molar-refractivity contribution in [1.82, 2.24) is 9.78 Å². The van der Waals surface area contributed by atoms with Gasteiger partial charge < -0.3 is 0 Å². The summed E-state index contributed by atoms with van der Waals surface area (Å²) in [5.41, 5.74) is 0.879. The van der Waals surface area contributed by atoms with E-state index in [4.69, 9.17) is 0 Å². The summed E-state index contributed by atoms with van der Waals surface area (Å²) in [6, 6.07) is 5.03. The number of aromatic nitrogens is 2. The third-order valence-corrected chi connectivity index (χ3v) is 2.46. The van der Waals surface area contributed by atoms with E-state index in [1.807, 2.05) is 0 Å². The Bertz CT molecular complexity index is 563. The predicted octanol–water partition coefficient (Wildman–Crippen LogP) is 2.12. The summed E-state index contributed by atoms with van der Waals surface area (Å²) in [6.45, 7) is 0. The van der Waals surface area contributed by atoms with Gasteiger partial charge in [-0.05, 0) is 23.8 Å². The van der Waals surface area contributed by atoms with Crippen LogP contribution in [0.15, 0.2) is 30.5 Å². The maximum Gasteiger partial charge on any atom is 0.185 e. The van der Waals surface area contributed by atoms with Crippen LogP contribution in [0.1, 0.15) is 16.1 Å². The first-order chi connectivity index (χ1) is 8.08. The number of hydrogen-bond acceptors (Lipinski definition) is 2. The highest BCUT2D eigenvalue weighted by molar-refractivity contribution is 5.95. The Labute approximate surface area is 96.7 Å². The van der Waals surface area contributed by atoms with E-state index in [0.717, 1.165) is 12.1 Å². The minimum atomic E-state index is -0.944. The third kappa shape index (κ3) is 2.38. The second-order valence-corrected chi connectivity index (χ2v) is 3.69. The largest absolute Gasteiger partial charge is 0.292 e. The lowest BCUT2D eigenvalue weighted by molar-refractivity contribution is 0.0984. The van der Waals surface area contributed by atoms with Gasteiger partial charge in [0, 0.05) is 19.7 Å². The summed E-state index contributed by atoms with van der Waals surface area (Å²) >= 11 is 0. The lowest BCUT2D eigenvalue weighted by Gasteiger charge is -2.02. The van der Waals surface area contributed by atoms with E-state index in [9.17, 15) is 13.6 Å². The molecule has 2 rings (SSSR count). The molecule has 0 atom stereocenters. The molecule has 0 spiro atoms. The summed E-state index contributed by atoms with van der Waals surface area (Å²) in [7, 11) is 1.65. The van der Waals surface area contributed by atoms with Gasteiger partial charge in [-0.1, -0.05) is 6.07 Å². The summed E-state index contributed by atoms with van der Waals surface area (Å²) in [6.07, 6.45) is 1.54. The van der Waals surface area contributed by atoms with Crippen molar-refractivity contribution in [3.63, 3.8) is 0 Å². The highest BCUT2D eigenvalue weighted by Crippen LogP contribution is 2.11. The summed E-state index contributed by atoms with van der Waals surface area (Å²) in [5.74, 6) is -2.04. The number of halogens is 2. The molecular formula is C12H10F2N2O. The number of aryl methyl sites for hydroxylation is 1. The number of carbonyl (C=O) groups is 1. The number of carbonyl (C=O) groups excluding carboxylic acids is 1. The van der Waals surface area contributed by atoms with Crippen molar-refractivity contribution in [2.24, 2.45) is 7.05 Å². The second kappa shape index (κ2) is 4.45. The maximum absolute atomic E-state index is 12.9. The first kappa shape index (κ1) is 11.4. The lowest BCUT2D eigenvalue weighted by atomic mass is 10.1. The molecular weight excluding hydrogens is 226 g/mol. The zero-order valence-corrected chi connectivity index (χ0v) is 9.15. The molecule has 5 heteroatoms. The Kier molecular flexibility index (Phi) is 2.99. The molecule has 0 aliphatic rings. The minimum absolute atomic E-state index is 0.0245. The quantitative estimate of drug-likeness (QED) is 0.765. The molecule has 0 saturated carbocycles. The van der Waals surface area contributed by atoms with Gasteiger partial charge in [-0.25, -0.2) is 8.78 Å².